The quantitative estimate of drug-likeness (QED) is 0.947. The zero-order chi connectivity index (χ0) is 15.5. The fourth-order valence-electron chi connectivity index (χ4n) is 2.81. The third kappa shape index (κ3) is 3.05. The molecule has 1 aliphatic rings. The summed E-state index contributed by atoms with van der Waals surface area (Å²) >= 11 is 1.50. The maximum absolute atomic E-state index is 12.7. The van der Waals surface area contributed by atoms with Crippen LogP contribution in [0, 0.1) is 6.92 Å². The van der Waals surface area contributed by atoms with Crippen LogP contribution in [0.5, 0.6) is 0 Å². The van der Waals surface area contributed by atoms with Gasteiger partial charge in [-0.15, -0.1) is 11.3 Å². The fourth-order valence-corrected chi connectivity index (χ4v) is 3.85. The predicted molar refractivity (Wildman–Crippen MR) is 90.3 cm³/mol. The number of nitrogens with one attached hydrogen (secondary N) is 1. The fraction of sp³-hybridized carbons (Fsp3) is 0.412. The highest BCUT2D eigenvalue weighted by molar-refractivity contribution is 7.17. The first-order valence-electron chi connectivity index (χ1n) is 7.68. The molecule has 0 atom stereocenters. The summed E-state index contributed by atoms with van der Waals surface area (Å²) in [6.07, 6.45) is 2.04. The van der Waals surface area contributed by atoms with Crippen molar-refractivity contribution >= 4 is 17.2 Å². The van der Waals surface area contributed by atoms with Crippen molar-refractivity contribution in [1.82, 2.24) is 15.2 Å². The van der Waals surface area contributed by atoms with Crippen LogP contribution in [0.1, 0.15) is 28.2 Å². The lowest BCUT2D eigenvalue weighted by Gasteiger charge is -2.31. The van der Waals surface area contributed by atoms with Gasteiger partial charge in [0.15, 0.2) is 0 Å². The minimum absolute atomic E-state index is 0.131. The van der Waals surface area contributed by atoms with Crippen molar-refractivity contribution in [1.29, 1.82) is 0 Å². The molecule has 0 unspecified atom stereocenters. The Balaban J connectivity index is 1.78. The summed E-state index contributed by atoms with van der Waals surface area (Å²) in [5.41, 5.74) is 1.91. The lowest BCUT2D eigenvalue weighted by molar-refractivity contribution is 0.0711. The van der Waals surface area contributed by atoms with Gasteiger partial charge < -0.3 is 10.2 Å². The van der Waals surface area contributed by atoms with E-state index in [1.807, 2.05) is 49.2 Å². The van der Waals surface area contributed by atoms with Gasteiger partial charge in [0.25, 0.3) is 5.91 Å². The number of rotatable bonds is 3. The van der Waals surface area contributed by atoms with Gasteiger partial charge in [0.2, 0.25) is 0 Å². The van der Waals surface area contributed by atoms with Crippen molar-refractivity contribution in [2.45, 2.75) is 25.8 Å². The summed E-state index contributed by atoms with van der Waals surface area (Å²) in [4.78, 5) is 20.1. The molecule has 0 aliphatic carbocycles. The largest absolute Gasteiger partial charge is 0.338 e. The average Bonchev–Trinajstić information content (AvgIpc) is 2.97. The highest BCUT2D eigenvalue weighted by Crippen LogP contribution is 2.29. The molecule has 3 rings (SSSR count). The molecular weight excluding hydrogens is 294 g/mol. The first-order valence-corrected chi connectivity index (χ1v) is 8.50. The molecule has 0 radical (unpaired) electrons. The van der Waals surface area contributed by atoms with Gasteiger partial charge in [-0.25, -0.2) is 4.98 Å². The van der Waals surface area contributed by atoms with Gasteiger partial charge in [0.05, 0.1) is 5.69 Å². The average molecular weight is 315 g/mol. The molecule has 0 spiro atoms. The van der Waals surface area contributed by atoms with Gasteiger partial charge in [-0.1, -0.05) is 30.3 Å². The maximum Gasteiger partial charge on any atom is 0.265 e. The van der Waals surface area contributed by atoms with E-state index in [1.54, 1.807) is 0 Å². The third-order valence-corrected chi connectivity index (χ3v) is 5.40. The Morgan fingerprint density at radius 3 is 2.59 bits per heavy atom. The van der Waals surface area contributed by atoms with Crippen molar-refractivity contribution in [2.24, 2.45) is 0 Å². The van der Waals surface area contributed by atoms with Crippen LogP contribution in [0.3, 0.4) is 0 Å². The number of benzene rings is 1. The van der Waals surface area contributed by atoms with Crippen LogP contribution in [-0.4, -0.2) is 42.0 Å². The minimum atomic E-state index is 0.131. The van der Waals surface area contributed by atoms with E-state index < -0.39 is 0 Å². The predicted octanol–water partition coefficient (Wildman–Crippen LogP) is 2.94. The standard InChI is InChI=1S/C17H21N3OS/c1-12-15(17(21)20-10-8-14(18-2)9-11-20)22-16(19-12)13-6-4-3-5-7-13/h3-7,14,18H,8-11H2,1-2H3. The van der Waals surface area contributed by atoms with E-state index in [-0.39, 0.29) is 5.91 Å². The molecule has 1 fully saturated rings. The number of hydrogen-bond acceptors (Lipinski definition) is 4. The van der Waals surface area contributed by atoms with Crippen molar-refractivity contribution in [3.63, 3.8) is 0 Å². The number of amides is 1. The van der Waals surface area contributed by atoms with Crippen LogP contribution in [-0.2, 0) is 0 Å². The van der Waals surface area contributed by atoms with Crippen molar-refractivity contribution in [3.05, 3.63) is 40.9 Å². The molecule has 2 aromatic rings. The number of nitrogens with zero attached hydrogens (tertiary/aromatic N) is 2. The Morgan fingerprint density at radius 2 is 1.95 bits per heavy atom. The Labute approximate surface area is 135 Å². The Kier molecular flexibility index (Phi) is 4.55. The second-order valence-corrected chi connectivity index (χ2v) is 6.65. The van der Waals surface area contributed by atoms with E-state index in [1.165, 1.54) is 11.3 Å². The number of carbonyl (C=O) groups is 1. The number of carbonyl (C=O) groups excluding carboxylic acids is 1. The van der Waals surface area contributed by atoms with E-state index in [2.05, 4.69) is 10.3 Å². The van der Waals surface area contributed by atoms with E-state index in [9.17, 15) is 4.79 Å². The molecule has 0 saturated carbocycles. The molecular formula is C17H21N3OS. The van der Waals surface area contributed by atoms with Crippen LogP contribution in [0.25, 0.3) is 10.6 Å². The highest BCUT2D eigenvalue weighted by atomic mass is 32.1. The molecule has 1 N–H and O–H groups in total. The van der Waals surface area contributed by atoms with Crippen LogP contribution in [0.15, 0.2) is 30.3 Å². The monoisotopic (exact) mass is 315 g/mol. The number of aryl methyl sites for hydroxylation is 1. The number of aromatic nitrogens is 1. The summed E-state index contributed by atoms with van der Waals surface area (Å²) in [5, 5.41) is 4.22. The lowest BCUT2D eigenvalue weighted by atomic mass is 10.1. The van der Waals surface area contributed by atoms with Crippen LogP contribution < -0.4 is 5.32 Å². The van der Waals surface area contributed by atoms with E-state index in [0.717, 1.165) is 47.1 Å². The van der Waals surface area contributed by atoms with Crippen molar-refractivity contribution in [2.75, 3.05) is 20.1 Å². The van der Waals surface area contributed by atoms with Crippen molar-refractivity contribution < 1.29 is 4.79 Å². The Hall–Kier alpha value is -1.72. The molecule has 2 heterocycles. The molecule has 1 aromatic heterocycles. The SMILES string of the molecule is CNC1CCN(C(=O)c2sc(-c3ccccc3)nc2C)CC1. The minimum Gasteiger partial charge on any atom is -0.338 e. The number of thiazole rings is 1. The molecule has 0 bridgehead atoms. The van der Waals surface area contributed by atoms with Crippen LogP contribution >= 0.6 is 11.3 Å². The second kappa shape index (κ2) is 6.58. The molecule has 1 aromatic carbocycles. The van der Waals surface area contributed by atoms with Gasteiger partial charge in [-0.3, -0.25) is 4.79 Å². The summed E-state index contributed by atoms with van der Waals surface area (Å²) in [5.74, 6) is 0.131. The normalized spacial score (nSPS) is 16.0. The van der Waals surface area contributed by atoms with E-state index in [4.69, 9.17) is 0 Å². The maximum atomic E-state index is 12.7. The molecule has 116 valence electrons. The first-order chi connectivity index (χ1) is 10.7. The summed E-state index contributed by atoms with van der Waals surface area (Å²) < 4.78 is 0. The Morgan fingerprint density at radius 1 is 1.27 bits per heavy atom. The third-order valence-electron chi connectivity index (χ3n) is 4.20. The van der Waals surface area contributed by atoms with E-state index >= 15 is 0 Å². The van der Waals surface area contributed by atoms with Crippen LogP contribution in [0.4, 0.5) is 0 Å². The molecule has 22 heavy (non-hydrogen) atoms. The smallest absolute Gasteiger partial charge is 0.265 e. The number of piperidine rings is 1. The first kappa shape index (κ1) is 15.2. The van der Waals surface area contributed by atoms with E-state index in [0.29, 0.717) is 6.04 Å². The van der Waals surface area contributed by atoms with Gasteiger partial charge in [-0.05, 0) is 26.8 Å². The topological polar surface area (TPSA) is 45.2 Å². The zero-order valence-corrected chi connectivity index (χ0v) is 13.8. The zero-order valence-electron chi connectivity index (χ0n) is 13.0. The van der Waals surface area contributed by atoms with Crippen molar-refractivity contribution in [3.8, 4) is 10.6 Å². The summed E-state index contributed by atoms with van der Waals surface area (Å²) in [6, 6.07) is 10.6. The van der Waals surface area contributed by atoms with Gasteiger partial charge in [0, 0.05) is 24.7 Å². The molecule has 1 saturated heterocycles. The second-order valence-electron chi connectivity index (χ2n) is 5.65. The number of hydrogen-bond donors (Lipinski definition) is 1. The molecule has 5 heteroatoms. The highest BCUT2D eigenvalue weighted by Gasteiger charge is 2.25. The lowest BCUT2D eigenvalue weighted by Crippen LogP contribution is -2.43. The summed E-state index contributed by atoms with van der Waals surface area (Å²) in [7, 11) is 1.99. The van der Waals surface area contributed by atoms with Gasteiger partial charge in [0.1, 0.15) is 9.88 Å². The number of likely N-dealkylation sites (tertiary alicyclic amines) is 1. The molecule has 1 amide bonds. The molecule has 1 aliphatic heterocycles. The summed E-state index contributed by atoms with van der Waals surface area (Å²) in [6.45, 7) is 3.57. The Bertz CT molecular complexity index is 645. The van der Waals surface area contributed by atoms with Gasteiger partial charge in [-0.2, -0.15) is 0 Å². The van der Waals surface area contributed by atoms with Crippen LogP contribution in [0.2, 0.25) is 0 Å². The molecule has 4 nitrogen and oxygen atoms in total. The van der Waals surface area contributed by atoms with Gasteiger partial charge >= 0.3 is 0 Å².